The van der Waals surface area contributed by atoms with Gasteiger partial charge >= 0.3 is 5.97 Å². The molecule has 0 amide bonds. The van der Waals surface area contributed by atoms with Gasteiger partial charge in [-0.2, -0.15) is 0 Å². The Balaban J connectivity index is 2.21. The third-order valence-corrected chi connectivity index (χ3v) is 4.33. The number of carboxylic acid groups (broad SMARTS) is 1. The van der Waals surface area contributed by atoms with E-state index in [9.17, 15) is 9.90 Å². The van der Waals surface area contributed by atoms with E-state index in [4.69, 9.17) is 20.2 Å². The molecule has 0 spiro atoms. The summed E-state index contributed by atoms with van der Waals surface area (Å²) in [5.41, 5.74) is 9.78. The van der Waals surface area contributed by atoms with E-state index in [2.05, 4.69) is 0 Å². The summed E-state index contributed by atoms with van der Waals surface area (Å²) in [5, 5.41) is 9.23. The Bertz CT molecular complexity index is 965. The number of carbonyl (C=O) groups is 1. The van der Waals surface area contributed by atoms with Crippen molar-refractivity contribution in [2.45, 2.75) is 19.4 Å². The number of aromatic nitrogens is 2. The Labute approximate surface area is 151 Å². The number of hydrogen-bond donors (Lipinski definition) is 2. The number of fused-ring (bicyclic) bond motifs is 1. The topological polar surface area (TPSA) is 99.1 Å². The van der Waals surface area contributed by atoms with Gasteiger partial charge in [0.1, 0.15) is 11.7 Å². The number of aryl methyl sites for hydroxylation is 1. The molecule has 3 aromatic rings. The summed E-state index contributed by atoms with van der Waals surface area (Å²) in [6.45, 7) is 1.96. The average Bonchev–Trinajstić information content (AvgIpc) is 3.01. The number of imidazole rings is 1. The minimum atomic E-state index is -1.05. The molecule has 0 aliphatic rings. The number of ether oxygens (including phenoxy) is 2. The molecule has 3 rings (SSSR count). The molecule has 3 N–H and O–H groups in total. The Morgan fingerprint density at radius 2 is 2.00 bits per heavy atom. The summed E-state index contributed by atoms with van der Waals surface area (Å²) < 4.78 is 12.6. The lowest BCUT2D eigenvalue weighted by atomic mass is 10.0. The minimum absolute atomic E-state index is 0.156. The third kappa shape index (κ3) is 3.09. The Hall–Kier alpha value is -3.06. The van der Waals surface area contributed by atoms with Crippen LogP contribution in [-0.4, -0.2) is 40.7 Å². The van der Waals surface area contributed by atoms with Gasteiger partial charge in [-0.05, 0) is 36.8 Å². The molecule has 26 heavy (non-hydrogen) atoms. The summed E-state index contributed by atoms with van der Waals surface area (Å²) in [5.74, 6) is 0.137. The standard InChI is InChI=1S/C19H21N3O4/c1-11-5-4-8-22-14(10-13(20)19(23)24)17(21-18(11)22)12-6-7-15(25-2)16(9-12)26-3/h4-9,13H,10,20H2,1-3H3,(H,23,24). The molecule has 0 fully saturated rings. The molecule has 2 heterocycles. The van der Waals surface area contributed by atoms with Crippen LogP contribution in [0.2, 0.25) is 0 Å². The first kappa shape index (κ1) is 17.8. The van der Waals surface area contributed by atoms with Crippen molar-refractivity contribution in [3.8, 4) is 22.8 Å². The zero-order valence-corrected chi connectivity index (χ0v) is 14.9. The van der Waals surface area contributed by atoms with Crippen LogP contribution in [0, 0.1) is 6.92 Å². The molecule has 0 aliphatic heterocycles. The quantitative estimate of drug-likeness (QED) is 0.704. The molecule has 0 saturated heterocycles. The summed E-state index contributed by atoms with van der Waals surface area (Å²) >= 11 is 0. The summed E-state index contributed by atoms with van der Waals surface area (Å²) in [4.78, 5) is 16.0. The lowest BCUT2D eigenvalue weighted by molar-refractivity contribution is -0.138. The third-order valence-electron chi connectivity index (χ3n) is 4.33. The van der Waals surface area contributed by atoms with E-state index in [1.54, 1.807) is 20.3 Å². The van der Waals surface area contributed by atoms with Gasteiger partial charge < -0.3 is 24.7 Å². The number of hydrogen-bond acceptors (Lipinski definition) is 5. The second-order valence-corrected chi connectivity index (χ2v) is 6.01. The van der Waals surface area contributed by atoms with Crippen molar-refractivity contribution in [1.29, 1.82) is 0 Å². The highest BCUT2D eigenvalue weighted by molar-refractivity contribution is 5.75. The molecule has 0 radical (unpaired) electrons. The molecule has 1 atom stereocenters. The minimum Gasteiger partial charge on any atom is -0.493 e. The number of carboxylic acids is 1. The SMILES string of the molecule is COc1ccc(-c2nc3c(C)cccn3c2CC(N)C(=O)O)cc1OC. The average molecular weight is 355 g/mol. The second-order valence-electron chi connectivity index (χ2n) is 6.01. The van der Waals surface area contributed by atoms with Crippen molar-refractivity contribution < 1.29 is 19.4 Å². The van der Waals surface area contributed by atoms with Gasteiger partial charge in [0.05, 0.1) is 25.6 Å². The van der Waals surface area contributed by atoms with E-state index >= 15 is 0 Å². The van der Waals surface area contributed by atoms with Crippen molar-refractivity contribution >= 4 is 11.6 Å². The second kappa shape index (κ2) is 7.05. The number of rotatable bonds is 6. The molecule has 2 aromatic heterocycles. The summed E-state index contributed by atoms with van der Waals surface area (Å²) in [7, 11) is 3.14. The molecule has 1 unspecified atom stereocenters. The molecule has 7 heteroatoms. The van der Waals surface area contributed by atoms with Crippen LogP contribution in [0.25, 0.3) is 16.9 Å². The van der Waals surface area contributed by atoms with Gasteiger partial charge in [0.2, 0.25) is 0 Å². The summed E-state index contributed by atoms with van der Waals surface area (Å²) in [6, 6.07) is 8.33. The number of methoxy groups -OCH3 is 2. The van der Waals surface area contributed by atoms with Crippen LogP contribution in [0.3, 0.4) is 0 Å². The number of aliphatic carboxylic acids is 1. The van der Waals surface area contributed by atoms with Crippen molar-refractivity contribution in [2.75, 3.05) is 14.2 Å². The predicted molar refractivity (Wildman–Crippen MR) is 97.8 cm³/mol. The smallest absolute Gasteiger partial charge is 0.320 e. The molecular formula is C19H21N3O4. The van der Waals surface area contributed by atoms with E-state index in [0.29, 0.717) is 17.2 Å². The van der Waals surface area contributed by atoms with Gasteiger partial charge in [0.25, 0.3) is 0 Å². The van der Waals surface area contributed by atoms with Crippen LogP contribution in [0.4, 0.5) is 0 Å². The fourth-order valence-corrected chi connectivity index (χ4v) is 2.96. The maximum Gasteiger partial charge on any atom is 0.320 e. The van der Waals surface area contributed by atoms with Crippen LogP contribution in [0.5, 0.6) is 11.5 Å². The van der Waals surface area contributed by atoms with E-state index < -0.39 is 12.0 Å². The van der Waals surface area contributed by atoms with Gasteiger partial charge in [-0.15, -0.1) is 0 Å². The highest BCUT2D eigenvalue weighted by Crippen LogP contribution is 2.34. The normalized spacial score (nSPS) is 12.2. The zero-order chi connectivity index (χ0) is 18.8. The summed E-state index contributed by atoms with van der Waals surface area (Å²) in [6.07, 6.45) is 2.02. The fourth-order valence-electron chi connectivity index (χ4n) is 2.96. The Morgan fingerprint density at radius 1 is 1.27 bits per heavy atom. The van der Waals surface area contributed by atoms with Gasteiger partial charge in [-0.1, -0.05) is 6.07 Å². The largest absolute Gasteiger partial charge is 0.493 e. The molecule has 0 aliphatic carbocycles. The molecule has 0 bridgehead atoms. The van der Waals surface area contributed by atoms with Gasteiger partial charge in [0, 0.05) is 18.2 Å². The van der Waals surface area contributed by atoms with Crippen LogP contribution < -0.4 is 15.2 Å². The van der Waals surface area contributed by atoms with Gasteiger partial charge in [-0.3, -0.25) is 4.79 Å². The molecule has 136 valence electrons. The monoisotopic (exact) mass is 355 g/mol. The van der Waals surface area contributed by atoms with Crippen molar-refractivity contribution in [3.05, 3.63) is 47.8 Å². The Kier molecular flexibility index (Phi) is 4.81. The predicted octanol–water partition coefficient (Wildman–Crippen LogP) is 2.28. The Morgan fingerprint density at radius 3 is 2.65 bits per heavy atom. The first-order chi connectivity index (χ1) is 12.5. The van der Waals surface area contributed by atoms with Gasteiger partial charge in [-0.25, -0.2) is 4.98 Å². The van der Waals surface area contributed by atoms with Crippen LogP contribution >= 0.6 is 0 Å². The van der Waals surface area contributed by atoms with E-state index in [0.717, 1.165) is 22.5 Å². The van der Waals surface area contributed by atoms with Crippen LogP contribution in [-0.2, 0) is 11.2 Å². The highest BCUT2D eigenvalue weighted by Gasteiger charge is 2.21. The van der Waals surface area contributed by atoms with Crippen molar-refractivity contribution in [1.82, 2.24) is 9.38 Å². The molecule has 0 saturated carbocycles. The van der Waals surface area contributed by atoms with Crippen molar-refractivity contribution in [2.24, 2.45) is 5.73 Å². The van der Waals surface area contributed by atoms with Crippen LogP contribution in [0.15, 0.2) is 36.5 Å². The van der Waals surface area contributed by atoms with Crippen molar-refractivity contribution in [3.63, 3.8) is 0 Å². The fraction of sp³-hybridized carbons (Fsp3) is 0.263. The van der Waals surface area contributed by atoms with Crippen LogP contribution in [0.1, 0.15) is 11.3 Å². The van der Waals surface area contributed by atoms with E-state index in [-0.39, 0.29) is 6.42 Å². The maximum absolute atomic E-state index is 11.3. The van der Waals surface area contributed by atoms with Gasteiger partial charge in [0.15, 0.2) is 11.5 Å². The number of benzene rings is 1. The van der Waals surface area contributed by atoms with E-state index in [1.807, 2.05) is 41.8 Å². The maximum atomic E-state index is 11.3. The number of nitrogens with two attached hydrogens (primary N) is 1. The molecule has 7 nitrogen and oxygen atoms in total. The number of pyridine rings is 1. The number of nitrogens with zero attached hydrogens (tertiary/aromatic N) is 2. The zero-order valence-electron chi connectivity index (χ0n) is 14.9. The lowest BCUT2D eigenvalue weighted by Gasteiger charge is -2.11. The lowest BCUT2D eigenvalue weighted by Crippen LogP contribution is -2.32. The first-order valence-corrected chi connectivity index (χ1v) is 8.13. The molecular weight excluding hydrogens is 334 g/mol. The highest BCUT2D eigenvalue weighted by atomic mass is 16.5. The first-order valence-electron chi connectivity index (χ1n) is 8.13. The van der Waals surface area contributed by atoms with E-state index in [1.165, 1.54) is 0 Å². The molecule has 1 aromatic carbocycles.